The third-order valence-electron chi connectivity index (χ3n) is 2.76. The molecule has 1 saturated carbocycles. The predicted octanol–water partition coefficient (Wildman–Crippen LogP) is 1.38. The summed E-state index contributed by atoms with van der Waals surface area (Å²) < 4.78 is 11.2. The van der Waals surface area contributed by atoms with E-state index in [0.29, 0.717) is 17.7 Å². The second-order valence-electron chi connectivity index (χ2n) is 4.68. The van der Waals surface area contributed by atoms with Crippen LogP contribution in [-0.2, 0) is 0 Å². The van der Waals surface area contributed by atoms with E-state index in [0.717, 1.165) is 19.4 Å². The smallest absolute Gasteiger partial charge is 0.235 e. The molecule has 94 valence electrons. The van der Waals surface area contributed by atoms with Crippen LogP contribution in [0.25, 0.3) is 0 Å². The van der Waals surface area contributed by atoms with Gasteiger partial charge in [-0.05, 0) is 39.2 Å². The van der Waals surface area contributed by atoms with Crippen LogP contribution >= 0.6 is 0 Å². The summed E-state index contributed by atoms with van der Waals surface area (Å²) >= 11 is 0. The molecule has 0 unspecified atom stereocenters. The summed E-state index contributed by atoms with van der Waals surface area (Å²) in [7, 11) is 0. The number of hydrogen-bond donors (Lipinski definition) is 1. The number of aromatic nitrogens is 2. The maximum atomic E-state index is 5.70. The molecule has 5 heteroatoms. The molecule has 5 nitrogen and oxygen atoms in total. The molecule has 1 fully saturated rings. The predicted molar refractivity (Wildman–Crippen MR) is 64.0 cm³/mol. The van der Waals surface area contributed by atoms with Gasteiger partial charge in [-0.1, -0.05) is 0 Å². The molecule has 0 saturated heterocycles. The Balaban J connectivity index is 1.88. The number of hydrogen-bond acceptors (Lipinski definition) is 5. The van der Waals surface area contributed by atoms with Crippen LogP contribution < -0.4 is 15.2 Å². The zero-order valence-corrected chi connectivity index (χ0v) is 10.3. The molecule has 17 heavy (non-hydrogen) atoms. The van der Waals surface area contributed by atoms with Crippen molar-refractivity contribution in [3.05, 3.63) is 12.4 Å². The first-order valence-corrected chi connectivity index (χ1v) is 6.02. The molecule has 1 heterocycles. The average molecular weight is 237 g/mol. The van der Waals surface area contributed by atoms with Crippen molar-refractivity contribution in [1.29, 1.82) is 0 Å². The number of ether oxygens (including phenoxy) is 2. The lowest BCUT2D eigenvalue weighted by molar-refractivity contribution is 0.0634. The highest BCUT2D eigenvalue weighted by Crippen LogP contribution is 2.30. The zero-order valence-electron chi connectivity index (χ0n) is 10.3. The Hall–Kier alpha value is -1.36. The molecule has 2 rings (SSSR count). The summed E-state index contributed by atoms with van der Waals surface area (Å²) in [5.41, 5.74) is 5.56. The molecule has 0 radical (unpaired) electrons. The van der Waals surface area contributed by atoms with Crippen LogP contribution in [0.2, 0.25) is 0 Å². The van der Waals surface area contributed by atoms with Crippen molar-refractivity contribution in [3.8, 4) is 11.8 Å². The van der Waals surface area contributed by atoms with Crippen molar-refractivity contribution in [2.24, 2.45) is 11.7 Å². The van der Waals surface area contributed by atoms with Crippen LogP contribution in [-0.4, -0.2) is 28.7 Å². The highest BCUT2D eigenvalue weighted by molar-refractivity contribution is 5.13. The Morgan fingerprint density at radius 2 is 2.06 bits per heavy atom. The first kappa shape index (κ1) is 12.1. The maximum Gasteiger partial charge on any atom is 0.235 e. The van der Waals surface area contributed by atoms with Crippen molar-refractivity contribution >= 4 is 0 Å². The molecule has 1 aliphatic carbocycles. The zero-order chi connectivity index (χ0) is 12.3. The Morgan fingerprint density at radius 1 is 1.35 bits per heavy atom. The molecule has 1 aromatic heterocycles. The van der Waals surface area contributed by atoms with Gasteiger partial charge in [0.2, 0.25) is 11.8 Å². The number of rotatable bonds is 5. The second kappa shape index (κ2) is 5.31. The fraction of sp³-hybridized carbons (Fsp3) is 0.667. The fourth-order valence-electron chi connectivity index (χ4n) is 1.82. The molecule has 1 aliphatic rings. The average Bonchev–Trinajstić information content (AvgIpc) is 2.22. The second-order valence-corrected chi connectivity index (χ2v) is 4.68. The van der Waals surface area contributed by atoms with Crippen LogP contribution in [0.15, 0.2) is 12.4 Å². The Bertz CT molecular complexity index is 365. The van der Waals surface area contributed by atoms with Gasteiger partial charge >= 0.3 is 0 Å². The summed E-state index contributed by atoms with van der Waals surface area (Å²) in [4.78, 5) is 8.30. The van der Waals surface area contributed by atoms with Gasteiger partial charge in [0.25, 0.3) is 0 Å². The first-order chi connectivity index (χ1) is 8.17. The molecule has 0 bridgehead atoms. The lowest BCUT2D eigenvalue weighted by atomic mass is 9.82. The summed E-state index contributed by atoms with van der Waals surface area (Å²) in [6, 6.07) is 0. The fourth-order valence-corrected chi connectivity index (χ4v) is 1.82. The van der Waals surface area contributed by atoms with Crippen molar-refractivity contribution < 1.29 is 9.47 Å². The molecular weight excluding hydrogens is 218 g/mol. The molecule has 0 aromatic carbocycles. The van der Waals surface area contributed by atoms with Crippen LogP contribution in [0.1, 0.15) is 26.7 Å². The highest BCUT2D eigenvalue weighted by Gasteiger charge is 2.30. The van der Waals surface area contributed by atoms with Gasteiger partial charge in [-0.2, -0.15) is 4.98 Å². The largest absolute Gasteiger partial charge is 0.474 e. The number of nitrogens with two attached hydrogens (primary N) is 1. The minimum atomic E-state index is 0.0878. The van der Waals surface area contributed by atoms with E-state index in [4.69, 9.17) is 15.2 Å². The van der Waals surface area contributed by atoms with Gasteiger partial charge in [0.1, 0.15) is 6.10 Å². The topological polar surface area (TPSA) is 70.3 Å². The number of nitrogens with zero attached hydrogens (tertiary/aromatic N) is 2. The van der Waals surface area contributed by atoms with Gasteiger partial charge < -0.3 is 15.2 Å². The van der Waals surface area contributed by atoms with Crippen LogP contribution in [0.4, 0.5) is 0 Å². The van der Waals surface area contributed by atoms with E-state index in [2.05, 4.69) is 9.97 Å². The van der Waals surface area contributed by atoms with Gasteiger partial charge in [0, 0.05) is 0 Å². The van der Waals surface area contributed by atoms with Gasteiger partial charge in [-0.25, -0.2) is 0 Å². The minimum Gasteiger partial charge on any atom is -0.474 e. The molecule has 2 N–H and O–H groups in total. The van der Waals surface area contributed by atoms with E-state index in [1.165, 1.54) is 0 Å². The van der Waals surface area contributed by atoms with Gasteiger partial charge in [-0.15, -0.1) is 0 Å². The van der Waals surface area contributed by atoms with Crippen molar-refractivity contribution in [2.75, 3.05) is 6.54 Å². The third kappa shape index (κ3) is 3.30. The van der Waals surface area contributed by atoms with Crippen molar-refractivity contribution in [3.63, 3.8) is 0 Å². The van der Waals surface area contributed by atoms with E-state index < -0.39 is 0 Å². The summed E-state index contributed by atoms with van der Waals surface area (Å²) in [5.74, 6) is 1.64. The maximum absolute atomic E-state index is 5.70. The monoisotopic (exact) mass is 237 g/mol. The van der Waals surface area contributed by atoms with E-state index in [-0.39, 0.29) is 12.2 Å². The molecule has 1 aromatic rings. The van der Waals surface area contributed by atoms with Crippen LogP contribution in [0.3, 0.4) is 0 Å². The Morgan fingerprint density at radius 3 is 2.71 bits per heavy atom. The Kier molecular flexibility index (Phi) is 3.78. The van der Waals surface area contributed by atoms with E-state index in [1.807, 2.05) is 13.8 Å². The molecule has 0 amide bonds. The minimum absolute atomic E-state index is 0.0878. The normalized spacial score (nSPS) is 23.3. The van der Waals surface area contributed by atoms with E-state index in [9.17, 15) is 0 Å². The molecule has 0 aliphatic heterocycles. The Labute approximate surface area is 101 Å². The lowest BCUT2D eigenvalue weighted by Crippen LogP contribution is -2.37. The van der Waals surface area contributed by atoms with Crippen molar-refractivity contribution in [2.45, 2.75) is 38.9 Å². The molecule has 0 spiro atoms. The summed E-state index contributed by atoms with van der Waals surface area (Å²) in [6.07, 6.45) is 5.54. The summed E-state index contributed by atoms with van der Waals surface area (Å²) in [5, 5.41) is 0. The molecule has 0 atom stereocenters. The summed E-state index contributed by atoms with van der Waals surface area (Å²) in [6.45, 7) is 4.64. The molecular formula is C12H19N3O2. The SMILES string of the molecule is CC(C)Oc1cncc(OC2CC(CN)C2)n1. The van der Waals surface area contributed by atoms with Crippen LogP contribution in [0, 0.1) is 5.92 Å². The third-order valence-corrected chi connectivity index (χ3v) is 2.76. The van der Waals surface area contributed by atoms with Crippen molar-refractivity contribution in [1.82, 2.24) is 9.97 Å². The first-order valence-electron chi connectivity index (χ1n) is 6.02. The van der Waals surface area contributed by atoms with Gasteiger partial charge in [-0.3, -0.25) is 4.98 Å². The standard InChI is InChI=1S/C12H19N3O2/c1-8(2)16-11-6-14-7-12(15-11)17-10-3-9(4-10)5-13/h6-10H,3-5,13H2,1-2H3. The van der Waals surface area contributed by atoms with Gasteiger partial charge in [0.05, 0.1) is 18.5 Å². The lowest BCUT2D eigenvalue weighted by Gasteiger charge is -2.33. The van der Waals surface area contributed by atoms with Crippen LogP contribution in [0.5, 0.6) is 11.8 Å². The highest BCUT2D eigenvalue weighted by atomic mass is 16.5. The van der Waals surface area contributed by atoms with E-state index >= 15 is 0 Å². The van der Waals surface area contributed by atoms with E-state index in [1.54, 1.807) is 12.4 Å². The quantitative estimate of drug-likeness (QED) is 0.837. The van der Waals surface area contributed by atoms with Gasteiger partial charge in [0.15, 0.2) is 0 Å².